The topological polar surface area (TPSA) is 98.5 Å². The highest BCUT2D eigenvalue weighted by Crippen LogP contribution is 2.39. The van der Waals surface area contributed by atoms with Gasteiger partial charge in [0.05, 0.1) is 5.69 Å². The van der Waals surface area contributed by atoms with Crippen molar-refractivity contribution in [3.05, 3.63) is 35.9 Å². The fourth-order valence-corrected chi connectivity index (χ4v) is 5.73. The predicted molar refractivity (Wildman–Crippen MR) is 118 cm³/mol. The van der Waals surface area contributed by atoms with Gasteiger partial charge in [-0.1, -0.05) is 18.2 Å². The summed E-state index contributed by atoms with van der Waals surface area (Å²) in [6.45, 7) is 0.0290. The summed E-state index contributed by atoms with van der Waals surface area (Å²) in [5.41, 5.74) is -5.40. The van der Waals surface area contributed by atoms with Crippen molar-refractivity contribution in [1.29, 1.82) is 5.26 Å². The van der Waals surface area contributed by atoms with E-state index in [4.69, 9.17) is 9.47 Å². The Balaban J connectivity index is 1.97. The third-order valence-electron chi connectivity index (χ3n) is 4.59. The van der Waals surface area contributed by atoms with E-state index in [1.165, 1.54) is 7.11 Å². The second-order valence-electron chi connectivity index (χ2n) is 6.84. The van der Waals surface area contributed by atoms with Gasteiger partial charge in [-0.2, -0.15) is 26.9 Å². The van der Waals surface area contributed by atoms with Gasteiger partial charge in [0.25, 0.3) is 0 Å². The molecular formula is C20H19F3N2O5S3. The average molecular weight is 521 g/mol. The van der Waals surface area contributed by atoms with Crippen molar-refractivity contribution >= 4 is 33.6 Å². The minimum Gasteiger partial charge on any atom is -0.468 e. The molecule has 0 spiro atoms. The minimum absolute atomic E-state index is 0.0290. The lowest BCUT2D eigenvalue weighted by Crippen LogP contribution is -2.28. The van der Waals surface area contributed by atoms with Gasteiger partial charge in [-0.25, -0.2) is 4.98 Å². The number of ether oxygens (including phenoxy) is 2. The van der Waals surface area contributed by atoms with Crippen LogP contribution in [0.4, 0.5) is 13.2 Å². The molecule has 1 aromatic heterocycles. The summed E-state index contributed by atoms with van der Waals surface area (Å²) in [5.74, 6) is -0.243. The highest BCUT2D eigenvalue weighted by Gasteiger charge is 2.49. The van der Waals surface area contributed by atoms with E-state index < -0.39 is 21.4 Å². The summed E-state index contributed by atoms with van der Waals surface area (Å²) < 4.78 is 76.5. The lowest BCUT2D eigenvalue weighted by atomic mass is 10.0. The van der Waals surface area contributed by atoms with E-state index in [0.29, 0.717) is 21.6 Å². The molecule has 1 aromatic carbocycles. The van der Waals surface area contributed by atoms with Crippen molar-refractivity contribution in [1.82, 2.24) is 4.98 Å². The van der Waals surface area contributed by atoms with Gasteiger partial charge in [-0.15, -0.1) is 11.8 Å². The number of alkyl halides is 3. The second kappa shape index (κ2) is 10.9. The number of hydrogen-bond donors (Lipinski definition) is 0. The van der Waals surface area contributed by atoms with Crippen LogP contribution in [0.15, 0.2) is 35.4 Å². The number of halogens is 3. The van der Waals surface area contributed by atoms with Crippen molar-refractivity contribution in [2.45, 2.75) is 35.0 Å². The zero-order chi connectivity index (χ0) is 24.1. The van der Waals surface area contributed by atoms with E-state index in [9.17, 15) is 26.9 Å². The average Bonchev–Trinajstić information content (AvgIpc) is 2.73. The zero-order valence-electron chi connectivity index (χ0n) is 17.3. The fraction of sp³-hybridized carbons (Fsp3) is 0.400. The number of benzene rings is 1. The molecule has 3 rings (SSSR count). The first-order valence-corrected chi connectivity index (χ1v) is 13.0. The molecule has 1 aliphatic rings. The standard InChI is InChI=1S/C20H19F3N2O5S3/c1-28-11-29-14-7-5-13(6-8-14)17-9-18(30-33(26,27)20(21,22)23)16(10-24)19(25-17)32-12-31-15-3-2-4-15/h5-9,15H,2-4,11-12H2,1H3. The Morgan fingerprint density at radius 1 is 1.24 bits per heavy atom. The molecule has 1 saturated carbocycles. The highest BCUT2D eigenvalue weighted by atomic mass is 32.2. The summed E-state index contributed by atoms with van der Waals surface area (Å²) in [5, 5.41) is 10.6. The number of hydrogen-bond acceptors (Lipinski definition) is 9. The summed E-state index contributed by atoms with van der Waals surface area (Å²) in [7, 11) is -4.51. The Kier molecular flexibility index (Phi) is 8.38. The van der Waals surface area contributed by atoms with Gasteiger partial charge in [0, 0.05) is 29.1 Å². The third-order valence-corrected chi connectivity index (χ3v) is 8.08. The van der Waals surface area contributed by atoms with Crippen LogP contribution in [-0.4, -0.2) is 43.1 Å². The van der Waals surface area contributed by atoms with E-state index in [2.05, 4.69) is 9.17 Å². The molecule has 0 amide bonds. The van der Waals surface area contributed by atoms with Crippen molar-refractivity contribution in [3.63, 3.8) is 0 Å². The van der Waals surface area contributed by atoms with Crippen molar-refractivity contribution < 1.29 is 35.2 Å². The van der Waals surface area contributed by atoms with Crippen LogP contribution in [0.2, 0.25) is 0 Å². The molecule has 1 aliphatic carbocycles. The highest BCUT2D eigenvalue weighted by molar-refractivity contribution is 8.16. The number of thioether (sulfide) groups is 2. The Hall–Kier alpha value is -2.14. The molecular weight excluding hydrogens is 501 g/mol. The molecule has 2 aromatic rings. The number of nitriles is 1. The largest absolute Gasteiger partial charge is 0.534 e. The van der Waals surface area contributed by atoms with Crippen molar-refractivity contribution in [3.8, 4) is 28.8 Å². The molecule has 0 atom stereocenters. The second-order valence-corrected chi connectivity index (χ2v) is 11.0. The smallest absolute Gasteiger partial charge is 0.468 e. The van der Waals surface area contributed by atoms with E-state index in [1.54, 1.807) is 42.1 Å². The number of pyridine rings is 1. The van der Waals surface area contributed by atoms with Gasteiger partial charge < -0.3 is 13.7 Å². The summed E-state index contributed by atoms with van der Waals surface area (Å²) in [4.78, 5) is 4.40. The van der Waals surface area contributed by atoms with Crippen molar-refractivity contribution in [2.75, 3.05) is 19.0 Å². The molecule has 0 aliphatic heterocycles. The summed E-state index contributed by atoms with van der Waals surface area (Å²) >= 11 is 2.81. The number of rotatable bonds is 10. The molecule has 13 heteroatoms. The Labute approximate surface area is 197 Å². The Bertz CT molecular complexity index is 1120. The number of methoxy groups -OCH3 is 1. The summed E-state index contributed by atoms with van der Waals surface area (Å²) in [6, 6.07) is 9.13. The van der Waals surface area contributed by atoms with Gasteiger partial charge >= 0.3 is 15.6 Å². The SMILES string of the molecule is COCOc1ccc(-c2cc(OS(=O)(=O)C(F)(F)F)c(C#N)c(SCSC3CCC3)n2)cc1. The number of aromatic nitrogens is 1. The monoisotopic (exact) mass is 520 g/mol. The molecule has 178 valence electrons. The van der Waals surface area contributed by atoms with Crippen LogP contribution >= 0.6 is 23.5 Å². The van der Waals surface area contributed by atoms with Crippen molar-refractivity contribution in [2.24, 2.45) is 0 Å². The molecule has 0 radical (unpaired) electrons. The molecule has 0 saturated heterocycles. The fourth-order valence-electron chi connectivity index (χ4n) is 2.66. The van der Waals surface area contributed by atoms with Crippen LogP contribution in [-0.2, 0) is 14.9 Å². The van der Waals surface area contributed by atoms with E-state index in [1.807, 2.05) is 0 Å². The molecule has 1 heterocycles. The molecule has 0 unspecified atom stereocenters. The van der Waals surface area contributed by atoms with E-state index in [-0.39, 0.29) is 23.1 Å². The van der Waals surface area contributed by atoms with Crippen LogP contribution < -0.4 is 8.92 Å². The predicted octanol–water partition coefficient (Wildman–Crippen LogP) is 5.17. The van der Waals surface area contributed by atoms with Gasteiger partial charge in [-0.05, 0) is 37.1 Å². The zero-order valence-corrected chi connectivity index (χ0v) is 19.7. The maximum absolute atomic E-state index is 12.9. The lowest BCUT2D eigenvalue weighted by molar-refractivity contribution is -0.0500. The minimum atomic E-state index is -5.97. The van der Waals surface area contributed by atoms with Crippen LogP contribution in [0.5, 0.6) is 11.5 Å². The Morgan fingerprint density at radius 3 is 2.48 bits per heavy atom. The maximum Gasteiger partial charge on any atom is 0.534 e. The van der Waals surface area contributed by atoms with Crippen LogP contribution in [0.25, 0.3) is 11.3 Å². The van der Waals surface area contributed by atoms with Gasteiger partial charge in [0.1, 0.15) is 22.4 Å². The lowest BCUT2D eigenvalue weighted by Gasteiger charge is -2.24. The first-order valence-electron chi connectivity index (χ1n) is 9.57. The third kappa shape index (κ3) is 6.47. The molecule has 7 nitrogen and oxygen atoms in total. The molecule has 0 bridgehead atoms. The summed E-state index contributed by atoms with van der Waals surface area (Å²) in [6.07, 6.45) is 3.32. The Morgan fingerprint density at radius 2 is 1.94 bits per heavy atom. The molecule has 33 heavy (non-hydrogen) atoms. The van der Waals surface area contributed by atoms with Crippen LogP contribution in [0, 0.1) is 11.3 Å². The van der Waals surface area contributed by atoms with Gasteiger partial charge in [-0.3, -0.25) is 0 Å². The van der Waals surface area contributed by atoms with Crippen LogP contribution in [0.1, 0.15) is 24.8 Å². The number of nitrogens with zero attached hydrogens (tertiary/aromatic N) is 2. The van der Waals surface area contributed by atoms with Gasteiger partial charge in [0.15, 0.2) is 12.5 Å². The first-order chi connectivity index (χ1) is 15.6. The van der Waals surface area contributed by atoms with Gasteiger partial charge in [0.2, 0.25) is 0 Å². The van der Waals surface area contributed by atoms with E-state index >= 15 is 0 Å². The molecule has 0 N–H and O–H groups in total. The quantitative estimate of drug-likeness (QED) is 0.182. The first kappa shape index (κ1) is 25.5. The van der Waals surface area contributed by atoms with E-state index in [0.717, 1.165) is 37.1 Å². The molecule has 1 fully saturated rings. The van der Waals surface area contributed by atoms with Crippen LogP contribution in [0.3, 0.4) is 0 Å². The maximum atomic E-state index is 12.9. The normalized spacial score (nSPS) is 14.4.